The number of nitrogens with zero attached hydrogens (tertiary/aromatic N) is 2. The number of hydrogen-bond acceptors (Lipinski definition) is 1. The zero-order valence-electron chi connectivity index (χ0n) is 22.6. The smallest absolute Gasteiger partial charge is 0.219 e. The van der Waals surface area contributed by atoms with Crippen LogP contribution in [0, 0.1) is 31.6 Å². The summed E-state index contributed by atoms with van der Waals surface area (Å²) in [6, 6.07) is 7.76. The lowest BCUT2D eigenvalue weighted by Crippen LogP contribution is -2.33. The molecule has 0 bridgehead atoms. The molecule has 0 spiro atoms. The van der Waals surface area contributed by atoms with Crippen molar-refractivity contribution < 1.29 is 20.2 Å². The van der Waals surface area contributed by atoms with Crippen LogP contribution in [0.1, 0.15) is 44.3 Å². The summed E-state index contributed by atoms with van der Waals surface area (Å²) in [6.07, 6.45) is -0.458. The Morgan fingerprint density at radius 2 is 2.00 bits per heavy atom. The van der Waals surface area contributed by atoms with Gasteiger partial charge in [-0.2, -0.15) is 0 Å². The summed E-state index contributed by atoms with van der Waals surface area (Å²) in [5.74, 6) is -0.677. The normalized spacial score (nSPS) is 15.3. The number of fused-ring (bicyclic) bond motifs is 3. The van der Waals surface area contributed by atoms with E-state index in [1.165, 1.54) is 24.4 Å². The van der Waals surface area contributed by atoms with Crippen molar-refractivity contribution in [1.29, 1.82) is 0 Å². The number of furan rings is 1. The van der Waals surface area contributed by atoms with Gasteiger partial charge in [0.15, 0.2) is 11.9 Å². The monoisotopic (exact) mass is 406 g/mol. The van der Waals surface area contributed by atoms with Gasteiger partial charge in [-0.1, -0.05) is 39.0 Å². The first-order chi connectivity index (χ1) is 16.1. The van der Waals surface area contributed by atoms with Crippen LogP contribution in [0.15, 0.2) is 40.9 Å². The Hall–Kier alpha value is -3.19. The number of benzene rings is 2. The lowest BCUT2D eigenvalue weighted by atomic mass is 9.88. The van der Waals surface area contributed by atoms with E-state index in [1.807, 2.05) is 13.0 Å². The van der Waals surface area contributed by atoms with Gasteiger partial charge in [0, 0.05) is 23.7 Å². The Kier molecular flexibility index (Phi) is 3.41. The number of rotatable bonds is 2. The predicted molar refractivity (Wildman–Crippen MR) is 119 cm³/mol. The molecule has 0 saturated carbocycles. The van der Waals surface area contributed by atoms with Crippen molar-refractivity contribution in [2.75, 3.05) is 0 Å². The minimum atomic E-state index is -2.46. The molecule has 0 amide bonds. The Balaban J connectivity index is 2.07. The molecular weight excluding hydrogens is 375 g/mol. The van der Waals surface area contributed by atoms with Gasteiger partial charge < -0.3 is 4.42 Å². The standard InChI is InChI=1S/C26H26FN2O/c1-15-8-9-19-23-16(2)10-18(28-6)11-22(23)30-25(19)24(15)21-12-20(27)17(14-29(21)7)13-26(3,4)5/h8-12,14H,13H2,1-5,7H3/q+1/i2D3,13D2. The van der Waals surface area contributed by atoms with Crippen molar-refractivity contribution in [3.8, 4) is 11.3 Å². The first-order valence-electron chi connectivity index (χ1n) is 12.2. The highest BCUT2D eigenvalue weighted by Gasteiger charge is 2.25. The molecule has 0 aliphatic rings. The highest BCUT2D eigenvalue weighted by molar-refractivity contribution is 6.11. The summed E-state index contributed by atoms with van der Waals surface area (Å²) in [5, 5.41) is 0.954. The highest BCUT2D eigenvalue weighted by Crippen LogP contribution is 2.40. The Labute approximate surface area is 183 Å². The van der Waals surface area contributed by atoms with Gasteiger partial charge in [-0.3, -0.25) is 0 Å². The second-order valence-corrected chi connectivity index (χ2v) is 8.62. The van der Waals surface area contributed by atoms with Crippen LogP contribution in [0.2, 0.25) is 0 Å². The average molecular weight is 407 g/mol. The minimum Gasteiger partial charge on any atom is -0.456 e. The van der Waals surface area contributed by atoms with Crippen molar-refractivity contribution in [3.05, 3.63) is 70.5 Å². The van der Waals surface area contributed by atoms with Crippen LogP contribution in [0.5, 0.6) is 0 Å². The molecule has 0 aliphatic heterocycles. The SMILES string of the molecule is [2H]C([2H])([2H])c1cc([N+]#[C-])cc2oc3c(-c4cc(F)c(C([2H])([2H])C(C)(C)C)c[n+]4C)c(C)ccc3c12. The molecule has 0 atom stereocenters. The van der Waals surface area contributed by atoms with E-state index in [2.05, 4.69) is 4.85 Å². The molecule has 4 aromatic rings. The largest absolute Gasteiger partial charge is 0.456 e. The van der Waals surface area contributed by atoms with Crippen LogP contribution < -0.4 is 4.57 Å². The molecule has 2 aromatic carbocycles. The van der Waals surface area contributed by atoms with Crippen LogP contribution in [0.25, 0.3) is 38.0 Å². The summed E-state index contributed by atoms with van der Waals surface area (Å²) in [4.78, 5) is 3.39. The van der Waals surface area contributed by atoms with Crippen LogP contribution >= 0.6 is 0 Å². The molecule has 4 heteroatoms. The van der Waals surface area contributed by atoms with Gasteiger partial charge in [-0.15, -0.1) is 0 Å². The second-order valence-electron chi connectivity index (χ2n) is 8.62. The molecule has 0 N–H and O–H groups in total. The van der Waals surface area contributed by atoms with Crippen LogP contribution in [0.4, 0.5) is 10.1 Å². The molecule has 4 rings (SSSR count). The van der Waals surface area contributed by atoms with E-state index in [4.69, 9.17) is 17.8 Å². The Morgan fingerprint density at radius 3 is 2.67 bits per heavy atom. The van der Waals surface area contributed by atoms with E-state index in [1.54, 1.807) is 38.5 Å². The fourth-order valence-corrected chi connectivity index (χ4v) is 3.81. The molecule has 2 aromatic heterocycles. The van der Waals surface area contributed by atoms with E-state index in [0.717, 1.165) is 5.56 Å². The molecule has 0 aliphatic carbocycles. The maximum absolute atomic E-state index is 15.4. The molecule has 152 valence electrons. The summed E-state index contributed by atoms with van der Waals surface area (Å²) < 4.78 is 64.2. The zero-order chi connectivity index (χ0) is 26.1. The van der Waals surface area contributed by atoms with Crippen LogP contribution in [0.3, 0.4) is 0 Å². The van der Waals surface area contributed by atoms with Crippen LogP contribution in [-0.2, 0) is 13.4 Å². The summed E-state index contributed by atoms with van der Waals surface area (Å²) in [7, 11) is 1.71. The van der Waals surface area contributed by atoms with E-state index in [9.17, 15) is 0 Å². The molecule has 30 heavy (non-hydrogen) atoms. The quantitative estimate of drug-likeness (QED) is 0.260. The fraction of sp³-hybridized carbons (Fsp3) is 0.308. The van der Waals surface area contributed by atoms with E-state index < -0.39 is 24.5 Å². The van der Waals surface area contributed by atoms with Gasteiger partial charge in [0.25, 0.3) is 0 Å². The molecule has 0 saturated heterocycles. The summed E-state index contributed by atoms with van der Waals surface area (Å²) >= 11 is 0. The molecule has 0 fully saturated rings. The van der Waals surface area contributed by atoms with Crippen molar-refractivity contribution in [3.63, 3.8) is 0 Å². The fourth-order valence-electron chi connectivity index (χ4n) is 3.81. The summed E-state index contributed by atoms with van der Waals surface area (Å²) in [5.41, 5.74) is 1.78. The molecule has 0 radical (unpaired) electrons. The average Bonchev–Trinajstić information content (AvgIpc) is 3.11. The molecular formula is C26H26FN2O+. The van der Waals surface area contributed by atoms with E-state index in [0.29, 0.717) is 27.6 Å². The van der Waals surface area contributed by atoms with Gasteiger partial charge >= 0.3 is 0 Å². The van der Waals surface area contributed by atoms with Crippen molar-refractivity contribution in [1.82, 2.24) is 0 Å². The maximum atomic E-state index is 15.4. The topological polar surface area (TPSA) is 21.4 Å². The maximum Gasteiger partial charge on any atom is 0.219 e. The number of pyridine rings is 1. The zero-order valence-corrected chi connectivity index (χ0v) is 17.6. The first-order valence-corrected chi connectivity index (χ1v) is 9.65. The van der Waals surface area contributed by atoms with Crippen LogP contribution in [-0.4, -0.2) is 0 Å². The number of hydrogen-bond donors (Lipinski definition) is 0. The van der Waals surface area contributed by atoms with E-state index in [-0.39, 0.29) is 22.4 Å². The predicted octanol–water partition coefficient (Wildman–Crippen LogP) is 6.97. The number of halogens is 1. The number of aromatic nitrogens is 1. The Morgan fingerprint density at radius 1 is 1.23 bits per heavy atom. The Bertz CT molecular complexity index is 1540. The number of aryl methyl sites for hydroxylation is 3. The second kappa shape index (κ2) is 6.95. The van der Waals surface area contributed by atoms with Gasteiger partial charge in [0.2, 0.25) is 5.69 Å². The minimum absolute atomic E-state index is 0.0267. The molecule has 2 heterocycles. The first kappa shape index (κ1) is 14.7. The molecule has 3 nitrogen and oxygen atoms in total. The van der Waals surface area contributed by atoms with E-state index >= 15 is 4.39 Å². The van der Waals surface area contributed by atoms with Gasteiger partial charge in [0.1, 0.15) is 24.0 Å². The lowest BCUT2D eigenvalue weighted by Gasteiger charge is -2.18. The van der Waals surface area contributed by atoms with Crippen molar-refractivity contribution >= 4 is 27.6 Å². The third-order valence-corrected chi connectivity index (χ3v) is 5.05. The van der Waals surface area contributed by atoms with Crippen molar-refractivity contribution in [2.24, 2.45) is 12.5 Å². The van der Waals surface area contributed by atoms with Gasteiger partial charge in [0.05, 0.1) is 17.7 Å². The molecule has 0 unspecified atom stereocenters. The van der Waals surface area contributed by atoms with Gasteiger partial charge in [-0.25, -0.2) is 13.8 Å². The third-order valence-electron chi connectivity index (χ3n) is 5.05. The highest BCUT2D eigenvalue weighted by atomic mass is 19.1. The summed E-state index contributed by atoms with van der Waals surface area (Å²) in [6.45, 7) is 11.9. The van der Waals surface area contributed by atoms with Crippen molar-refractivity contribution in [2.45, 2.75) is 40.9 Å². The lowest BCUT2D eigenvalue weighted by molar-refractivity contribution is -0.661. The van der Waals surface area contributed by atoms with Gasteiger partial charge in [-0.05, 0) is 42.8 Å². The third kappa shape index (κ3) is 3.35.